The lowest BCUT2D eigenvalue weighted by Crippen LogP contribution is -2.29. The summed E-state index contributed by atoms with van der Waals surface area (Å²) < 4.78 is 1.80. The van der Waals surface area contributed by atoms with E-state index in [4.69, 9.17) is 5.73 Å². The normalized spacial score (nSPS) is 26.7. The first-order valence-electron chi connectivity index (χ1n) is 5.24. The smallest absolute Gasteiger partial charge is 0.0726 e. The molecule has 1 aliphatic carbocycles. The van der Waals surface area contributed by atoms with Crippen molar-refractivity contribution in [1.82, 2.24) is 9.78 Å². The minimum absolute atomic E-state index is 0.388. The van der Waals surface area contributed by atoms with E-state index in [9.17, 15) is 0 Å². The molecule has 0 bridgehead atoms. The second kappa shape index (κ2) is 4.00. The maximum Gasteiger partial charge on any atom is 0.0726 e. The van der Waals surface area contributed by atoms with Crippen LogP contribution in [0, 0.1) is 5.92 Å². The molecule has 1 fully saturated rings. The van der Waals surface area contributed by atoms with Gasteiger partial charge in [0.1, 0.15) is 0 Å². The lowest BCUT2D eigenvalue weighted by atomic mass is 10.1. The fourth-order valence-electron chi connectivity index (χ4n) is 2.08. The van der Waals surface area contributed by atoms with Crippen molar-refractivity contribution >= 4 is 5.69 Å². The van der Waals surface area contributed by atoms with Crippen molar-refractivity contribution in [1.29, 1.82) is 0 Å². The number of hydrogen-bond donors (Lipinski definition) is 2. The van der Waals surface area contributed by atoms with Crippen molar-refractivity contribution < 1.29 is 0 Å². The largest absolute Gasteiger partial charge is 0.382 e. The van der Waals surface area contributed by atoms with E-state index in [1.54, 1.807) is 4.68 Å². The van der Waals surface area contributed by atoms with Crippen LogP contribution in [0.4, 0.5) is 5.69 Å². The molecule has 0 aromatic carbocycles. The number of nitrogens with one attached hydrogen (secondary N) is 1. The van der Waals surface area contributed by atoms with Gasteiger partial charge < -0.3 is 11.1 Å². The molecule has 1 aliphatic rings. The van der Waals surface area contributed by atoms with Crippen LogP contribution in [0.25, 0.3) is 0 Å². The summed E-state index contributed by atoms with van der Waals surface area (Å²) in [5, 5.41) is 7.48. The predicted octanol–water partition coefficient (Wildman–Crippen LogP) is 0.959. The fraction of sp³-hybridized carbons (Fsp3) is 0.700. The first-order valence-corrected chi connectivity index (χ1v) is 5.24. The van der Waals surface area contributed by atoms with Crippen LogP contribution in [-0.4, -0.2) is 22.4 Å². The third-order valence-electron chi connectivity index (χ3n) is 2.99. The first kappa shape index (κ1) is 9.52. The van der Waals surface area contributed by atoms with Gasteiger partial charge in [0.15, 0.2) is 0 Å². The zero-order valence-corrected chi connectivity index (χ0v) is 8.61. The standard InChI is InChI=1S/C10H18N4/c1-14-7-9(6-13-14)12-5-8-3-2-4-10(8)11/h6-8,10,12H,2-5,11H2,1H3. The third kappa shape index (κ3) is 2.07. The van der Waals surface area contributed by atoms with E-state index in [0.29, 0.717) is 12.0 Å². The van der Waals surface area contributed by atoms with E-state index >= 15 is 0 Å². The number of nitrogens with zero attached hydrogens (tertiary/aromatic N) is 2. The molecule has 4 heteroatoms. The molecule has 78 valence electrons. The maximum absolute atomic E-state index is 5.99. The molecular formula is C10H18N4. The van der Waals surface area contributed by atoms with Crippen LogP contribution in [0.1, 0.15) is 19.3 Å². The van der Waals surface area contributed by atoms with Gasteiger partial charge in [-0.1, -0.05) is 6.42 Å². The molecule has 0 amide bonds. The Labute approximate surface area is 84.5 Å². The van der Waals surface area contributed by atoms with Crippen LogP contribution in [0.5, 0.6) is 0 Å². The van der Waals surface area contributed by atoms with Gasteiger partial charge in [0.05, 0.1) is 11.9 Å². The van der Waals surface area contributed by atoms with Crippen LogP contribution in [0.15, 0.2) is 12.4 Å². The molecule has 0 aliphatic heterocycles. The highest BCUT2D eigenvalue weighted by molar-refractivity contribution is 5.38. The predicted molar refractivity (Wildman–Crippen MR) is 57.0 cm³/mol. The van der Waals surface area contributed by atoms with Crippen molar-refractivity contribution in [2.45, 2.75) is 25.3 Å². The lowest BCUT2D eigenvalue weighted by Gasteiger charge is -2.15. The first-order chi connectivity index (χ1) is 6.75. The molecule has 0 saturated heterocycles. The topological polar surface area (TPSA) is 55.9 Å². The molecule has 2 atom stereocenters. The van der Waals surface area contributed by atoms with E-state index in [0.717, 1.165) is 12.2 Å². The summed E-state index contributed by atoms with van der Waals surface area (Å²) in [4.78, 5) is 0. The third-order valence-corrected chi connectivity index (χ3v) is 2.99. The van der Waals surface area contributed by atoms with Gasteiger partial charge in [-0.25, -0.2) is 0 Å². The average Bonchev–Trinajstić information content (AvgIpc) is 2.72. The summed E-state index contributed by atoms with van der Waals surface area (Å²) in [5.74, 6) is 0.634. The van der Waals surface area contributed by atoms with Gasteiger partial charge in [0, 0.05) is 25.8 Å². The molecule has 0 spiro atoms. The van der Waals surface area contributed by atoms with Crippen molar-refractivity contribution in [3.8, 4) is 0 Å². The van der Waals surface area contributed by atoms with Crippen LogP contribution < -0.4 is 11.1 Å². The molecule has 3 N–H and O–H groups in total. The summed E-state index contributed by atoms with van der Waals surface area (Å²) in [6, 6.07) is 0.388. The number of hydrogen-bond acceptors (Lipinski definition) is 3. The molecule has 1 saturated carbocycles. The van der Waals surface area contributed by atoms with Gasteiger partial charge in [0.25, 0.3) is 0 Å². The Bertz CT molecular complexity index is 294. The number of aryl methyl sites for hydroxylation is 1. The van der Waals surface area contributed by atoms with Gasteiger partial charge in [0.2, 0.25) is 0 Å². The van der Waals surface area contributed by atoms with E-state index < -0.39 is 0 Å². The zero-order valence-electron chi connectivity index (χ0n) is 8.61. The quantitative estimate of drug-likeness (QED) is 0.753. The summed E-state index contributed by atoms with van der Waals surface area (Å²) in [6.45, 7) is 0.979. The SMILES string of the molecule is Cn1cc(NCC2CCCC2N)cn1. The second-order valence-electron chi connectivity index (χ2n) is 4.14. The minimum Gasteiger partial charge on any atom is -0.382 e. The Morgan fingerprint density at radius 1 is 1.64 bits per heavy atom. The summed E-state index contributed by atoms with van der Waals surface area (Å²) in [5.41, 5.74) is 7.08. The Morgan fingerprint density at radius 3 is 3.07 bits per heavy atom. The van der Waals surface area contributed by atoms with E-state index in [1.807, 2.05) is 19.4 Å². The number of nitrogens with two attached hydrogens (primary N) is 1. The number of aromatic nitrogens is 2. The molecule has 0 radical (unpaired) electrons. The van der Waals surface area contributed by atoms with Gasteiger partial charge in [-0.15, -0.1) is 0 Å². The molecule has 1 aromatic heterocycles. The minimum atomic E-state index is 0.388. The number of rotatable bonds is 3. The maximum atomic E-state index is 5.99. The monoisotopic (exact) mass is 194 g/mol. The van der Waals surface area contributed by atoms with Crippen LogP contribution in [0.3, 0.4) is 0 Å². The zero-order chi connectivity index (χ0) is 9.97. The Hall–Kier alpha value is -1.03. The Balaban J connectivity index is 1.82. The molecule has 14 heavy (non-hydrogen) atoms. The highest BCUT2D eigenvalue weighted by Gasteiger charge is 2.23. The van der Waals surface area contributed by atoms with Crippen molar-refractivity contribution in [3.63, 3.8) is 0 Å². The second-order valence-corrected chi connectivity index (χ2v) is 4.14. The highest BCUT2D eigenvalue weighted by atomic mass is 15.3. The van der Waals surface area contributed by atoms with Gasteiger partial charge >= 0.3 is 0 Å². The fourth-order valence-corrected chi connectivity index (χ4v) is 2.08. The van der Waals surface area contributed by atoms with Gasteiger partial charge in [-0.2, -0.15) is 5.10 Å². The van der Waals surface area contributed by atoms with E-state index in [2.05, 4.69) is 10.4 Å². The number of anilines is 1. The van der Waals surface area contributed by atoms with Crippen molar-refractivity contribution in [3.05, 3.63) is 12.4 Å². The molecule has 1 aromatic rings. The van der Waals surface area contributed by atoms with E-state index in [-0.39, 0.29) is 0 Å². The summed E-state index contributed by atoms with van der Waals surface area (Å²) >= 11 is 0. The average molecular weight is 194 g/mol. The summed E-state index contributed by atoms with van der Waals surface area (Å²) in [6.07, 6.45) is 7.55. The van der Waals surface area contributed by atoms with Gasteiger partial charge in [-0.05, 0) is 18.8 Å². The molecular weight excluding hydrogens is 176 g/mol. The van der Waals surface area contributed by atoms with E-state index in [1.165, 1.54) is 19.3 Å². The molecule has 4 nitrogen and oxygen atoms in total. The molecule has 2 rings (SSSR count). The Kier molecular flexibility index (Phi) is 2.72. The van der Waals surface area contributed by atoms with Crippen LogP contribution in [-0.2, 0) is 7.05 Å². The molecule has 1 heterocycles. The van der Waals surface area contributed by atoms with Gasteiger partial charge in [-0.3, -0.25) is 4.68 Å². The summed E-state index contributed by atoms with van der Waals surface area (Å²) in [7, 11) is 1.92. The highest BCUT2D eigenvalue weighted by Crippen LogP contribution is 2.24. The van der Waals surface area contributed by atoms with Crippen molar-refractivity contribution in [2.75, 3.05) is 11.9 Å². The lowest BCUT2D eigenvalue weighted by molar-refractivity contribution is 0.505. The van der Waals surface area contributed by atoms with Crippen LogP contribution in [0.2, 0.25) is 0 Å². The molecule has 2 unspecified atom stereocenters. The Morgan fingerprint density at radius 2 is 2.50 bits per heavy atom. The van der Waals surface area contributed by atoms with Crippen molar-refractivity contribution in [2.24, 2.45) is 18.7 Å². The van der Waals surface area contributed by atoms with Crippen LogP contribution >= 0.6 is 0 Å².